The summed E-state index contributed by atoms with van der Waals surface area (Å²) >= 11 is 0.970. The van der Waals surface area contributed by atoms with E-state index in [4.69, 9.17) is 9.84 Å². The maximum Gasteiger partial charge on any atom is 0.323 e. The average molecular weight is 273 g/mol. The highest BCUT2D eigenvalue weighted by Gasteiger charge is 2.26. The number of carboxylic acid groups (broad SMARTS) is 1. The molecule has 1 atom stereocenters. The van der Waals surface area contributed by atoms with Crippen LogP contribution < -0.4 is 5.32 Å². The van der Waals surface area contributed by atoms with Crippen molar-refractivity contribution in [2.45, 2.75) is 12.5 Å². The van der Waals surface area contributed by atoms with Crippen LogP contribution >= 0.6 is 11.5 Å². The van der Waals surface area contributed by atoms with Crippen LogP contribution in [-0.4, -0.2) is 62.6 Å². The lowest BCUT2D eigenvalue weighted by atomic mass is 10.2. The molecule has 18 heavy (non-hydrogen) atoms. The van der Waals surface area contributed by atoms with Gasteiger partial charge in [0.25, 0.3) is 0 Å². The molecule has 1 unspecified atom stereocenters. The fraction of sp³-hybridized carbons (Fsp3) is 0.625. The highest BCUT2D eigenvalue weighted by Crippen LogP contribution is 2.11. The Hall–Kier alpha value is -1.81. The Morgan fingerprint density at radius 2 is 2.44 bits per heavy atom. The zero-order valence-electron chi connectivity index (χ0n) is 9.27. The molecule has 1 aliphatic heterocycles. The van der Waals surface area contributed by atoms with Crippen molar-refractivity contribution in [2.75, 3.05) is 25.0 Å². The summed E-state index contributed by atoms with van der Waals surface area (Å²) < 4.78 is 8.78. The molecule has 0 aliphatic carbocycles. The van der Waals surface area contributed by atoms with Crippen molar-refractivity contribution in [3.05, 3.63) is 0 Å². The summed E-state index contributed by atoms with van der Waals surface area (Å²) in [7, 11) is 0. The number of aromatic nitrogens is 3. The van der Waals surface area contributed by atoms with Crippen LogP contribution in [-0.2, 0) is 9.53 Å². The van der Waals surface area contributed by atoms with Crippen molar-refractivity contribution >= 4 is 28.7 Å². The molecule has 2 rings (SSSR count). The van der Waals surface area contributed by atoms with E-state index in [2.05, 4.69) is 20.1 Å². The molecule has 1 aromatic heterocycles. The van der Waals surface area contributed by atoms with Crippen LogP contribution in [0.5, 0.6) is 0 Å². The number of rotatable bonds is 3. The molecule has 98 valence electrons. The number of hydrogen-bond acceptors (Lipinski definition) is 7. The predicted molar refractivity (Wildman–Crippen MR) is 60.3 cm³/mol. The molecule has 0 bridgehead atoms. The van der Waals surface area contributed by atoms with Crippen molar-refractivity contribution in [3.63, 3.8) is 0 Å². The van der Waals surface area contributed by atoms with E-state index in [1.54, 1.807) is 0 Å². The summed E-state index contributed by atoms with van der Waals surface area (Å²) in [4.78, 5) is 23.9. The number of ether oxygens (including phenoxy) is 1. The van der Waals surface area contributed by atoms with E-state index in [0.29, 0.717) is 18.3 Å². The molecule has 2 N–H and O–H groups in total. The Morgan fingerprint density at radius 1 is 1.61 bits per heavy atom. The number of aliphatic carboxylic acids is 1. The Bertz CT molecular complexity index is 425. The molecule has 0 aromatic carbocycles. The molecule has 2 amide bonds. The second-order valence-corrected chi connectivity index (χ2v) is 4.37. The Kier molecular flexibility index (Phi) is 3.99. The van der Waals surface area contributed by atoms with Gasteiger partial charge in [0.15, 0.2) is 0 Å². The maximum absolute atomic E-state index is 11.8. The smallest absolute Gasteiger partial charge is 0.323 e. The van der Waals surface area contributed by atoms with Gasteiger partial charge in [-0.05, 0) is 5.21 Å². The van der Waals surface area contributed by atoms with Crippen LogP contribution in [0.3, 0.4) is 0 Å². The lowest BCUT2D eigenvalue weighted by Gasteiger charge is -2.31. The molecule has 9 nitrogen and oxygen atoms in total. The molecule has 2 heterocycles. The predicted octanol–water partition coefficient (Wildman–Crippen LogP) is -0.360. The molecular weight excluding hydrogens is 262 g/mol. The first-order chi connectivity index (χ1) is 8.65. The standard InChI is InChI=1S/C8H11N5O4S/c14-6(15)3-5-4-13(1-2-17-5)8(16)9-7-10-11-12-18-7/h5H,1-4H2,(H,14,15)(H,9,10,12,16). The molecule has 1 saturated heterocycles. The van der Waals surface area contributed by atoms with Crippen LogP contribution in [0, 0.1) is 0 Å². The van der Waals surface area contributed by atoms with Gasteiger partial charge >= 0.3 is 12.0 Å². The van der Waals surface area contributed by atoms with Gasteiger partial charge in [0.1, 0.15) is 0 Å². The number of morpholine rings is 1. The fourth-order valence-electron chi connectivity index (χ4n) is 1.57. The van der Waals surface area contributed by atoms with Gasteiger partial charge in [-0.1, -0.05) is 9.59 Å². The third-order valence-corrected chi connectivity index (χ3v) is 2.85. The first-order valence-electron chi connectivity index (χ1n) is 5.19. The van der Waals surface area contributed by atoms with Crippen LogP contribution in [0.1, 0.15) is 6.42 Å². The van der Waals surface area contributed by atoms with Gasteiger partial charge < -0.3 is 14.7 Å². The van der Waals surface area contributed by atoms with E-state index in [1.165, 1.54) is 4.90 Å². The minimum absolute atomic E-state index is 0.121. The third kappa shape index (κ3) is 3.34. The molecule has 10 heteroatoms. The average Bonchev–Trinajstić information content (AvgIpc) is 2.81. The van der Waals surface area contributed by atoms with E-state index < -0.39 is 12.1 Å². The maximum atomic E-state index is 11.8. The van der Waals surface area contributed by atoms with Crippen LogP contribution in [0.15, 0.2) is 0 Å². The number of carbonyl (C=O) groups is 2. The molecule has 1 aliphatic rings. The molecular formula is C8H11N5O4S. The first kappa shape index (κ1) is 12.6. The van der Waals surface area contributed by atoms with Crippen molar-refractivity contribution < 1.29 is 19.4 Å². The van der Waals surface area contributed by atoms with Gasteiger partial charge in [0.2, 0.25) is 5.13 Å². The highest BCUT2D eigenvalue weighted by molar-refractivity contribution is 7.09. The SMILES string of the molecule is O=C(O)CC1CN(C(=O)Nc2nnns2)CCO1. The second-order valence-electron chi connectivity index (χ2n) is 3.63. The summed E-state index contributed by atoms with van der Waals surface area (Å²) in [6.45, 7) is 0.971. The van der Waals surface area contributed by atoms with Gasteiger partial charge in [0.05, 0.1) is 19.1 Å². The van der Waals surface area contributed by atoms with Crippen molar-refractivity contribution in [3.8, 4) is 0 Å². The topological polar surface area (TPSA) is 118 Å². The summed E-state index contributed by atoms with van der Waals surface area (Å²) in [6.07, 6.45) is -0.598. The number of nitrogens with zero attached hydrogens (tertiary/aromatic N) is 4. The summed E-state index contributed by atoms with van der Waals surface area (Å²) in [6, 6.07) is -0.354. The summed E-state index contributed by atoms with van der Waals surface area (Å²) in [5, 5.41) is 18.5. The lowest BCUT2D eigenvalue weighted by molar-refractivity contribution is -0.141. The number of carbonyl (C=O) groups excluding carboxylic acids is 1. The lowest BCUT2D eigenvalue weighted by Crippen LogP contribution is -2.47. The van der Waals surface area contributed by atoms with Gasteiger partial charge in [-0.15, -0.1) is 0 Å². The Morgan fingerprint density at radius 3 is 3.11 bits per heavy atom. The van der Waals surface area contributed by atoms with E-state index in [-0.39, 0.29) is 19.0 Å². The number of nitrogens with one attached hydrogen (secondary N) is 1. The number of amides is 2. The first-order valence-corrected chi connectivity index (χ1v) is 5.97. The van der Waals surface area contributed by atoms with Gasteiger partial charge in [-0.3, -0.25) is 10.1 Å². The van der Waals surface area contributed by atoms with Crippen LogP contribution in [0.4, 0.5) is 9.93 Å². The summed E-state index contributed by atoms with van der Waals surface area (Å²) in [5.41, 5.74) is 0. The van der Waals surface area contributed by atoms with Gasteiger partial charge in [0, 0.05) is 24.6 Å². The van der Waals surface area contributed by atoms with E-state index in [0.717, 1.165) is 11.5 Å². The Balaban J connectivity index is 1.88. The molecule has 0 radical (unpaired) electrons. The van der Waals surface area contributed by atoms with Crippen molar-refractivity contribution in [1.29, 1.82) is 0 Å². The minimum Gasteiger partial charge on any atom is -0.481 e. The number of urea groups is 1. The van der Waals surface area contributed by atoms with Crippen molar-refractivity contribution in [2.24, 2.45) is 0 Å². The minimum atomic E-state index is -0.949. The number of hydrogen-bond donors (Lipinski definition) is 2. The largest absolute Gasteiger partial charge is 0.481 e. The van der Waals surface area contributed by atoms with Crippen LogP contribution in [0.25, 0.3) is 0 Å². The Labute approximate surface area is 106 Å². The van der Waals surface area contributed by atoms with E-state index in [1.807, 2.05) is 0 Å². The molecule has 1 aromatic rings. The number of carboxylic acids is 1. The van der Waals surface area contributed by atoms with E-state index in [9.17, 15) is 9.59 Å². The number of anilines is 1. The highest BCUT2D eigenvalue weighted by atomic mass is 32.1. The monoisotopic (exact) mass is 273 g/mol. The van der Waals surface area contributed by atoms with Crippen molar-refractivity contribution in [1.82, 2.24) is 19.7 Å². The van der Waals surface area contributed by atoms with Gasteiger partial charge in [-0.2, -0.15) is 0 Å². The third-order valence-electron chi connectivity index (χ3n) is 2.34. The second kappa shape index (κ2) is 5.69. The zero-order valence-corrected chi connectivity index (χ0v) is 10.1. The molecule has 1 fully saturated rings. The molecule has 0 spiro atoms. The quantitative estimate of drug-likeness (QED) is 0.772. The summed E-state index contributed by atoms with van der Waals surface area (Å²) in [5.74, 6) is -0.949. The molecule has 0 saturated carbocycles. The fourth-order valence-corrected chi connectivity index (χ4v) is 1.93. The zero-order chi connectivity index (χ0) is 13.0. The normalized spacial score (nSPS) is 19.6. The van der Waals surface area contributed by atoms with Gasteiger partial charge in [-0.25, -0.2) is 4.79 Å². The van der Waals surface area contributed by atoms with E-state index >= 15 is 0 Å². The van der Waals surface area contributed by atoms with Crippen LogP contribution in [0.2, 0.25) is 0 Å².